The van der Waals surface area contributed by atoms with Crippen LogP contribution in [0.15, 0.2) is 48.5 Å². The van der Waals surface area contributed by atoms with E-state index in [9.17, 15) is 19.5 Å². The Balaban J connectivity index is 1.64. The summed E-state index contributed by atoms with van der Waals surface area (Å²) in [6.07, 6.45) is -4.42. The molecule has 0 radical (unpaired) electrons. The number of Topliss-reactive ketones (excluding diaryl/α,β-unsaturated/α-hetero) is 1. The van der Waals surface area contributed by atoms with E-state index in [1.54, 1.807) is 55.6 Å². The van der Waals surface area contributed by atoms with Crippen molar-refractivity contribution in [3.63, 3.8) is 0 Å². The molecule has 0 saturated carbocycles. The highest BCUT2D eigenvalue weighted by Crippen LogP contribution is 2.37. The summed E-state index contributed by atoms with van der Waals surface area (Å²) < 4.78 is 35.3. The Morgan fingerprint density at radius 1 is 1.05 bits per heavy atom. The Morgan fingerprint density at radius 3 is 2.43 bits per heavy atom. The van der Waals surface area contributed by atoms with E-state index in [0.717, 1.165) is 0 Å². The molecule has 11 heteroatoms. The summed E-state index contributed by atoms with van der Waals surface area (Å²) in [6, 6.07) is 12.8. The number of carbonyl (C=O) groups excluding carboxylic acids is 2. The number of carbonyl (C=O) groups is 3. The van der Waals surface area contributed by atoms with Crippen molar-refractivity contribution < 1.29 is 47.9 Å². The molecular formula is C26H29NO10. The summed E-state index contributed by atoms with van der Waals surface area (Å²) in [5.41, 5.74) is 1.04. The third-order valence-electron chi connectivity index (χ3n) is 6.01. The molecule has 2 aromatic rings. The third kappa shape index (κ3) is 6.25. The molecule has 6 atom stereocenters. The van der Waals surface area contributed by atoms with Gasteiger partial charge in [0, 0.05) is 12.5 Å². The average molecular weight is 516 g/mol. The van der Waals surface area contributed by atoms with Crippen molar-refractivity contribution in [2.45, 2.75) is 50.8 Å². The second-order valence-electron chi connectivity index (χ2n) is 8.65. The number of ketones is 1. The van der Waals surface area contributed by atoms with Crippen LogP contribution in [0.3, 0.4) is 0 Å². The number of ether oxygens (including phenoxy) is 6. The van der Waals surface area contributed by atoms with Gasteiger partial charge in [0.25, 0.3) is 0 Å². The van der Waals surface area contributed by atoms with Gasteiger partial charge in [-0.2, -0.15) is 0 Å². The summed E-state index contributed by atoms with van der Waals surface area (Å²) in [6.45, 7) is 2.16. The molecule has 0 bridgehead atoms. The van der Waals surface area contributed by atoms with Gasteiger partial charge in [0.15, 0.2) is 12.1 Å². The van der Waals surface area contributed by atoms with Gasteiger partial charge in [-0.3, -0.25) is 9.59 Å². The second kappa shape index (κ2) is 11.7. The number of rotatable bonds is 9. The van der Waals surface area contributed by atoms with E-state index in [1.807, 2.05) is 0 Å². The minimum absolute atomic E-state index is 0.0787. The quantitative estimate of drug-likeness (QED) is 0.477. The van der Waals surface area contributed by atoms with Crippen molar-refractivity contribution in [2.75, 3.05) is 20.3 Å². The van der Waals surface area contributed by atoms with Crippen LogP contribution in [0.1, 0.15) is 36.1 Å². The summed E-state index contributed by atoms with van der Waals surface area (Å²) in [7, 11) is 1.56. The highest BCUT2D eigenvalue weighted by molar-refractivity contribution is 5.96. The van der Waals surface area contributed by atoms with Crippen molar-refractivity contribution in [2.24, 2.45) is 0 Å². The monoisotopic (exact) mass is 515 g/mol. The van der Waals surface area contributed by atoms with Crippen LogP contribution in [0.4, 0.5) is 0 Å². The number of methoxy groups -OCH3 is 1. The van der Waals surface area contributed by atoms with Crippen LogP contribution in [0, 0.1) is 0 Å². The third-order valence-corrected chi connectivity index (χ3v) is 6.01. The fraction of sp³-hybridized carbons (Fsp3) is 0.423. The van der Waals surface area contributed by atoms with Gasteiger partial charge in [-0.1, -0.05) is 24.3 Å². The van der Waals surface area contributed by atoms with E-state index in [2.05, 4.69) is 5.32 Å². The van der Waals surface area contributed by atoms with Gasteiger partial charge >= 0.3 is 5.97 Å². The van der Waals surface area contributed by atoms with Gasteiger partial charge in [-0.15, -0.1) is 0 Å². The normalized spacial score (nSPS) is 27.0. The minimum Gasteiger partial charge on any atom is -0.497 e. The molecule has 2 aliphatic heterocycles. The number of nitrogens with one attached hydrogen (secondary N) is 1. The zero-order valence-corrected chi connectivity index (χ0v) is 20.6. The van der Waals surface area contributed by atoms with Crippen molar-refractivity contribution >= 4 is 17.7 Å². The number of amides is 1. The summed E-state index contributed by atoms with van der Waals surface area (Å²) >= 11 is 0. The molecule has 6 unspecified atom stereocenters. The molecule has 4 rings (SSSR count). The van der Waals surface area contributed by atoms with Gasteiger partial charge in [0.1, 0.15) is 42.5 Å². The number of hydrogen-bond donors (Lipinski definition) is 2. The van der Waals surface area contributed by atoms with Crippen LogP contribution in [-0.4, -0.2) is 73.7 Å². The van der Waals surface area contributed by atoms with Gasteiger partial charge in [0.2, 0.25) is 12.2 Å². The van der Waals surface area contributed by atoms with Crippen molar-refractivity contribution in [1.29, 1.82) is 0 Å². The van der Waals surface area contributed by atoms with Crippen LogP contribution in [0.5, 0.6) is 11.5 Å². The Bertz CT molecular complexity index is 1120. The lowest BCUT2D eigenvalue weighted by Gasteiger charge is -2.49. The van der Waals surface area contributed by atoms with E-state index in [1.165, 1.54) is 13.8 Å². The van der Waals surface area contributed by atoms with Crippen LogP contribution in [0.25, 0.3) is 0 Å². The molecule has 0 aromatic heterocycles. The molecular weight excluding hydrogens is 486 g/mol. The molecule has 0 aliphatic carbocycles. The Morgan fingerprint density at radius 2 is 1.78 bits per heavy atom. The Kier molecular flexibility index (Phi) is 8.39. The number of carboxylic acid groups (broad SMARTS) is 1. The molecule has 198 valence electrons. The van der Waals surface area contributed by atoms with E-state index in [4.69, 9.17) is 28.4 Å². The number of aliphatic carboxylic acids is 1. The smallest absolute Gasteiger partial charge is 0.329 e. The lowest BCUT2D eigenvalue weighted by atomic mass is 9.95. The highest BCUT2D eigenvalue weighted by Gasteiger charge is 2.52. The van der Waals surface area contributed by atoms with Gasteiger partial charge < -0.3 is 38.8 Å². The first-order chi connectivity index (χ1) is 17.8. The molecule has 2 heterocycles. The lowest BCUT2D eigenvalue weighted by Crippen LogP contribution is -2.68. The van der Waals surface area contributed by atoms with Crippen LogP contribution < -0.4 is 14.8 Å². The van der Waals surface area contributed by atoms with Gasteiger partial charge in [-0.25, -0.2) is 4.79 Å². The maximum absolute atomic E-state index is 12.1. The molecule has 2 N–H and O–H groups in total. The van der Waals surface area contributed by atoms with Crippen LogP contribution >= 0.6 is 0 Å². The molecule has 1 amide bonds. The van der Waals surface area contributed by atoms with Crippen LogP contribution in [-0.2, 0) is 28.5 Å². The topological polar surface area (TPSA) is 139 Å². The summed E-state index contributed by atoms with van der Waals surface area (Å²) in [5, 5.41) is 12.0. The number of carboxylic acids is 1. The van der Waals surface area contributed by atoms with Gasteiger partial charge in [0.05, 0.1) is 19.3 Å². The molecule has 2 aromatic carbocycles. The van der Waals surface area contributed by atoms with Crippen LogP contribution in [0.2, 0.25) is 0 Å². The SMILES string of the molecule is COc1ccc(C2OCC3OC(Oc4ccccc4C(C)=O)C(NC(C)=O)C(OCC(=O)O)C3O2)cc1. The molecule has 11 nitrogen and oxygen atoms in total. The number of fused-ring (bicyclic) bond motifs is 1. The second-order valence-corrected chi connectivity index (χ2v) is 8.65. The zero-order valence-electron chi connectivity index (χ0n) is 20.6. The predicted molar refractivity (Wildman–Crippen MR) is 127 cm³/mol. The number of hydrogen-bond acceptors (Lipinski definition) is 9. The van der Waals surface area contributed by atoms with E-state index in [-0.39, 0.29) is 18.1 Å². The zero-order chi connectivity index (χ0) is 26.5. The average Bonchev–Trinajstić information content (AvgIpc) is 2.88. The number of benzene rings is 2. The fourth-order valence-electron chi connectivity index (χ4n) is 4.34. The molecule has 2 aliphatic rings. The maximum atomic E-state index is 12.1. The lowest BCUT2D eigenvalue weighted by molar-refractivity contribution is -0.337. The Hall–Kier alpha value is -3.51. The first-order valence-electron chi connectivity index (χ1n) is 11.7. The Labute approximate surface area is 213 Å². The largest absolute Gasteiger partial charge is 0.497 e. The van der Waals surface area contributed by atoms with E-state index in [0.29, 0.717) is 16.9 Å². The maximum Gasteiger partial charge on any atom is 0.329 e. The fourth-order valence-corrected chi connectivity index (χ4v) is 4.34. The van der Waals surface area contributed by atoms with Crippen molar-refractivity contribution in [1.82, 2.24) is 5.32 Å². The number of para-hydroxylation sites is 1. The van der Waals surface area contributed by atoms with E-state index < -0.39 is 55.4 Å². The van der Waals surface area contributed by atoms with Gasteiger partial charge in [-0.05, 0) is 31.2 Å². The van der Waals surface area contributed by atoms with Crippen molar-refractivity contribution in [3.05, 3.63) is 59.7 Å². The molecule has 0 spiro atoms. The predicted octanol–water partition coefficient (Wildman–Crippen LogP) is 2.09. The molecule has 37 heavy (non-hydrogen) atoms. The summed E-state index contributed by atoms with van der Waals surface area (Å²) in [4.78, 5) is 35.6. The van der Waals surface area contributed by atoms with E-state index >= 15 is 0 Å². The minimum atomic E-state index is -1.19. The molecule has 2 fully saturated rings. The highest BCUT2D eigenvalue weighted by atomic mass is 16.8. The standard InChI is InChI=1S/C26H29NO10/c1-14(28)18-6-4-5-7-19(18)35-26-22(27-15(2)29)24(33-13-21(30)31)23-20(36-26)12-34-25(37-23)16-8-10-17(32-3)11-9-16/h4-11,20,22-26H,12-13H2,1-3H3,(H,27,29)(H,30,31). The molecule has 2 saturated heterocycles. The first kappa shape index (κ1) is 26.6. The summed E-state index contributed by atoms with van der Waals surface area (Å²) in [5.74, 6) is -0.908. The first-order valence-corrected chi connectivity index (χ1v) is 11.7. The van der Waals surface area contributed by atoms with Crippen molar-refractivity contribution in [3.8, 4) is 11.5 Å².